The van der Waals surface area contributed by atoms with Crippen molar-refractivity contribution in [1.82, 2.24) is 25.3 Å². The maximum Gasteiger partial charge on any atom is 0.234 e. The zero-order valence-corrected chi connectivity index (χ0v) is 19.0. The number of benzene rings is 2. The van der Waals surface area contributed by atoms with Gasteiger partial charge in [0.15, 0.2) is 0 Å². The molecule has 3 aromatic rings. The molecule has 0 spiro atoms. The number of piperazine rings is 1. The second kappa shape index (κ2) is 11.1. The second-order valence-corrected chi connectivity index (χ2v) is 8.37. The van der Waals surface area contributed by atoms with Gasteiger partial charge in [0.1, 0.15) is 0 Å². The van der Waals surface area contributed by atoms with Crippen molar-refractivity contribution >= 4 is 23.4 Å². The largest absolute Gasteiger partial charge is 0.351 e. The average molecular weight is 468 g/mol. The number of carbonyl (C=O) groups is 2. The van der Waals surface area contributed by atoms with Gasteiger partial charge in [-0.3, -0.25) is 14.5 Å². The van der Waals surface area contributed by atoms with Crippen LogP contribution in [0.25, 0.3) is 11.4 Å². The molecular formula is C24H26ClN5O3. The SMILES string of the molecule is O=C(CN1CCN(C(=O)CCc2nc(-c3ccc(Cl)cc3)no2)CC1)NCc1ccccc1. The van der Waals surface area contributed by atoms with Crippen LogP contribution < -0.4 is 5.32 Å². The third-order valence-electron chi connectivity index (χ3n) is 5.55. The fourth-order valence-corrected chi connectivity index (χ4v) is 3.78. The molecule has 0 aliphatic carbocycles. The number of aryl methyl sites for hydroxylation is 1. The van der Waals surface area contributed by atoms with Crippen LogP contribution in [0.2, 0.25) is 5.02 Å². The highest BCUT2D eigenvalue weighted by atomic mass is 35.5. The molecule has 1 aromatic heterocycles. The third kappa shape index (κ3) is 6.63. The van der Waals surface area contributed by atoms with Gasteiger partial charge in [0.25, 0.3) is 0 Å². The molecule has 0 bridgehead atoms. The summed E-state index contributed by atoms with van der Waals surface area (Å²) in [5, 5.41) is 7.56. The van der Waals surface area contributed by atoms with E-state index in [2.05, 4.69) is 20.4 Å². The minimum absolute atomic E-state index is 0.00786. The number of nitrogens with zero attached hydrogens (tertiary/aromatic N) is 4. The Morgan fingerprint density at radius 1 is 1.00 bits per heavy atom. The van der Waals surface area contributed by atoms with Crippen molar-refractivity contribution in [3.8, 4) is 11.4 Å². The van der Waals surface area contributed by atoms with Gasteiger partial charge in [0.2, 0.25) is 23.5 Å². The second-order valence-electron chi connectivity index (χ2n) is 7.94. The van der Waals surface area contributed by atoms with E-state index >= 15 is 0 Å². The van der Waals surface area contributed by atoms with E-state index in [9.17, 15) is 9.59 Å². The smallest absolute Gasteiger partial charge is 0.234 e. The molecule has 1 saturated heterocycles. The van der Waals surface area contributed by atoms with Gasteiger partial charge < -0.3 is 14.7 Å². The number of amides is 2. The molecule has 8 nitrogen and oxygen atoms in total. The number of hydrogen-bond acceptors (Lipinski definition) is 6. The van der Waals surface area contributed by atoms with Gasteiger partial charge >= 0.3 is 0 Å². The van der Waals surface area contributed by atoms with Gasteiger partial charge in [-0.2, -0.15) is 4.98 Å². The van der Waals surface area contributed by atoms with Crippen molar-refractivity contribution in [2.24, 2.45) is 0 Å². The Morgan fingerprint density at radius 2 is 1.73 bits per heavy atom. The molecule has 0 unspecified atom stereocenters. The van der Waals surface area contributed by atoms with Gasteiger partial charge in [0, 0.05) is 56.2 Å². The van der Waals surface area contributed by atoms with E-state index in [1.807, 2.05) is 47.4 Å². The van der Waals surface area contributed by atoms with E-state index in [0.717, 1.165) is 11.1 Å². The summed E-state index contributed by atoms with van der Waals surface area (Å²) in [6, 6.07) is 17.0. The van der Waals surface area contributed by atoms with Crippen LogP contribution in [0.4, 0.5) is 0 Å². The van der Waals surface area contributed by atoms with Gasteiger partial charge in [0.05, 0.1) is 6.54 Å². The van der Waals surface area contributed by atoms with Crippen LogP contribution in [0.15, 0.2) is 59.1 Å². The first-order chi connectivity index (χ1) is 16.1. The molecule has 1 fully saturated rings. The number of halogens is 1. The number of carbonyl (C=O) groups excluding carboxylic acids is 2. The number of rotatable bonds is 8. The highest BCUT2D eigenvalue weighted by Crippen LogP contribution is 2.19. The fourth-order valence-electron chi connectivity index (χ4n) is 3.66. The van der Waals surface area contributed by atoms with E-state index in [4.69, 9.17) is 16.1 Å². The molecule has 2 amide bonds. The van der Waals surface area contributed by atoms with Gasteiger partial charge in [-0.25, -0.2) is 0 Å². The average Bonchev–Trinajstić information content (AvgIpc) is 3.32. The lowest BCUT2D eigenvalue weighted by atomic mass is 10.2. The Morgan fingerprint density at radius 3 is 2.45 bits per heavy atom. The Balaban J connectivity index is 1.17. The van der Waals surface area contributed by atoms with E-state index < -0.39 is 0 Å². The van der Waals surface area contributed by atoms with Crippen LogP contribution in [-0.2, 0) is 22.6 Å². The summed E-state index contributed by atoms with van der Waals surface area (Å²) >= 11 is 5.90. The summed E-state index contributed by atoms with van der Waals surface area (Å²) in [5.41, 5.74) is 1.88. The number of nitrogens with one attached hydrogen (secondary N) is 1. The van der Waals surface area contributed by atoms with E-state index in [0.29, 0.717) is 68.8 Å². The molecule has 1 aliphatic heterocycles. The molecule has 33 heavy (non-hydrogen) atoms. The lowest BCUT2D eigenvalue weighted by Gasteiger charge is -2.34. The Labute approximate surface area is 197 Å². The number of hydrogen-bond donors (Lipinski definition) is 1. The first-order valence-electron chi connectivity index (χ1n) is 11.0. The molecule has 1 N–H and O–H groups in total. The highest BCUT2D eigenvalue weighted by Gasteiger charge is 2.23. The fraction of sp³-hybridized carbons (Fsp3) is 0.333. The summed E-state index contributed by atoms with van der Waals surface area (Å²) in [5.74, 6) is 0.955. The molecule has 0 radical (unpaired) electrons. The van der Waals surface area contributed by atoms with Gasteiger partial charge in [-0.05, 0) is 29.8 Å². The van der Waals surface area contributed by atoms with Crippen molar-refractivity contribution in [3.63, 3.8) is 0 Å². The van der Waals surface area contributed by atoms with Crippen LogP contribution in [0, 0.1) is 0 Å². The molecule has 2 aromatic carbocycles. The van der Waals surface area contributed by atoms with E-state index in [1.165, 1.54) is 0 Å². The molecule has 9 heteroatoms. The molecule has 2 heterocycles. The maximum atomic E-state index is 12.6. The lowest BCUT2D eigenvalue weighted by molar-refractivity contribution is -0.133. The number of aromatic nitrogens is 2. The summed E-state index contributed by atoms with van der Waals surface area (Å²) in [6.07, 6.45) is 0.696. The first-order valence-corrected chi connectivity index (χ1v) is 11.3. The van der Waals surface area contributed by atoms with Crippen LogP contribution in [0.3, 0.4) is 0 Å². The third-order valence-corrected chi connectivity index (χ3v) is 5.80. The minimum Gasteiger partial charge on any atom is -0.351 e. The first kappa shape index (κ1) is 22.9. The van der Waals surface area contributed by atoms with Crippen LogP contribution in [-0.4, -0.2) is 64.5 Å². The Bertz CT molecular complexity index is 1060. The van der Waals surface area contributed by atoms with Gasteiger partial charge in [-0.1, -0.05) is 47.1 Å². The van der Waals surface area contributed by atoms with Crippen molar-refractivity contribution in [1.29, 1.82) is 0 Å². The molecule has 0 saturated carbocycles. The highest BCUT2D eigenvalue weighted by molar-refractivity contribution is 6.30. The Kier molecular flexibility index (Phi) is 7.70. The summed E-state index contributed by atoms with van der Waals surface area (Å²) in [6.45, 7) is 3.41. The van der Waals surface area contributed by atoms with Crippen molar-refractivity contribution in [2.75, 3.05) is 32.7 Å². The monoisotopic (exact) mass is 467 g/mol. The normalized spacial score (nSPS) is 14.3. The van der Waals surface area contributed by atoms with Crippen LogP contribution >= 0.6 is 11.6 Å². The molecule has 172 valence electrons. The Hall–Kier alpha value is -3.23. The minimum atomic E-state index is -0.00786. The summed E-state index contributed by atoms with van der Waals surface area (Å²) < 4.78 is 5.29. The quantitative estimate of drug-likeness (QED) is 0.547. The topological polar surface area (TPSA) is 91.6 Å². The van der Waals surface area contributed by atoms with Gasteiger partial charge in [-0.15, -0.1) is 0 Å². The zero-order chi connectivity index (χ0) is 23.0. The van der Waals surface area contributed by atoms with E-state index in [1.54, 1.807) is 12.1 Å². The van der Waals surface area contributed by atoms with Crippen molar-refractivity contribution in [2.45, 2.75) is 19.4 Å². The standard InChI is InChI=1S/C24H26ClN5O3/c25-20-8-6-19(7-9-20)24-27-22(33-28-24)10-11-23(32)30-14-12-29(13-15-30)17-21(31)26-16-18-4-2-1-3-5-18/h1-9H,10-17H2,(H,26,31). The van der Waals surface area contributed by atoms with E-state index in [-0.39, 0.29) is 11.8 Å². The molecule has 0 atom stereocenters. The summed E-state index contributed by atoms with van der Waals surface area (Å²) in [4.78, 5) is 33.1. The van der Waals surface area contributed by atoms with Crippen molar-refractivity contribution < 1.29 is 14.1 Å². The summed E-state index contributed by atoms with van der Waals surface area (Å²) in [7, 11) is 0. The predicted octanol–water partition coefficient (Wildman–Crippen LogP) is 2.78. The molecule has 1 aliphatic rings. The van der Waals surface area contributed by atoms with Crippen LogP contribution in [0.1, 0.15) is 17.9 Å². The van der Waals surface area contributed by atoms with Crippen LogP contribution in [0.5, 0.6) is 0 Å². The molecular weight excluding hydrogens is 442 g/mol. The maximum absolute atomic E-state index is 12.6. The van der Waals surface area contributed by atoms with Crippen molar-refractivity contribution in [3.05, 3.63) is 71.1 Å². The lowest BCUT2D eigenvalue weighted by Crippen LogP contribution is -2.51. The molecule has 4 rings (SSSR count). The predicted molar refractivity (Wildman–Crippen MR) is 124 cm³/mol. The zero-order valence-electron chi connectivity index (χ0n) is 18.2.